The highest BCUT2D eigenvalue weighted by molar-refractivity contribution is 5.76. The number of aliphatic hydroxyl groups is 1. The molecule has 42 heavy (non-hydrogen) atoms. The number of hydrogen-bond acceptors (Lipinski definition) is 7. The Labute approximate surface area is 244 Å². The fraction of sp³-hybridized carbons (Fsp3) is 0.533. The molecule has 0 radical (unpaired) electrons. The lowest BCUT2D eigenvalue weighted by molar-refractivity contribution is -0.137. The predicted octanol–water partition coefficient (Wildman–Crippen LogP) is 5.47. The molecule has 1 saturated carbocycles. The molecule has 3 aromatic rings. The third kappa shape index (κ3) is 7.15. The first-order valence-corrected chi connectivity index (χ1v) is 14.5. The number of nitrogens with one attached hydrogen (secondary N) is 2. The largest absolute Gasteiger partial charge is 0.493 e. The van der Waals surface area contributed by atoms with E-state index in [1.165, 1.54) is 5.56 Å². The van der Waals surface area contributed by atoms with E-state index in [-0.39, 0.29) is 5.82 Å². The Hall–Kier alpha value is -3.80. The van der Waals surface area contributed by atoms with E-state index < -0.39 is 42.5 Å². The van der Waals surface area contributed by atoms with Crippen molar-refractivity contribution >= 4 is 6.03 Å². The van der Waals surface area contributed by atoms with Gasteiger partial charge in [-0.05, 0) is 80.6 Å². The number of aryl methyl sites for hydroxylation is 1. The van der Waals surface area contributed by atoms with Crippen molar-refractivity contribution in [2.75, 3.05) is 19.8 Å². The van der Waals surface area contributed by atoms with Gasteiger partial charge in [0.15, 0.2) is 5.82 Å². The number of tetrazole rings is 1. The molecule has 10 nitrogen and oxygen atoms in total. The van der Waals surface area contributed by atoms with Crippen LogP contribution in [0.1, 0.15) is 88.0 Å². The van der Waals surface area contributed by atoms with Crippen LogP contribution in [0.15, 0.2) is 42.5 Å². The molecule has 0 saturated heterocycles. The van der Waals surface area contributed by atoms with E-state index >= 15 is 0 Å². The zero-order valence-electron chi connectivity index (χ0n) is 24.6. The van der Waals surface area contributed by atoms with Crippen molar-refractivity contribution in [3.63, 3.8) is 0 Å². The number of unbranched alkanes of at least 4 members (excludes halogenated alkanes) is 1. The van der Waals surface area contributed by atoms with E-state index in [1.807, 2.05) is 39.0 Å². The fourth-order valence-electron chi connectivity index (χ4n) is 5.52. The Bertz CT molecular complexity index is 1270. The molecule has 0 aliphatic heterocycles. The number of nitrogens with zero attached hydrogens (tertiary/aromatic N) is 4. The summed E-state index contributed by atoms with van der Waals surface area (Å²) in [5.74, 6) is -1.92. The number of aliphatic hydroxyl groups excluding tert-OH is 1. The van der Waals surface area contributed by atoms with Crippen LogP contribution in [0.2, 0.25) is 0 Å². The Morgan fingerprint density at radius 3 is 2.26 bits per heavy atom. The normalized spacial score (nSPS) is 16.6. The summed E-state index contributed by atoms with van der Waals surface area (Å²) in [5.41, 5.74) is 1.04. The molecule has 0 bridgehead atoms. The SMILES string of the molecule is CCOc1cc(C(C)N(CCCCc2ccccc2)C(=O)NC2(c3nnn[nH]3)CC(F)(F)C2)cc(OCC)c1C(C)O. The average molecular weight is 587 g/mol. The van der Waals surface area contributed by atoms with Gasteiger partial charge in [-0.3, -0.25) is 0 Å². The van der Waals surface area contributed by atoms with Gasteiger partial charge in [0.2, 0.25) is 0 Å². The lowest BCUT2D eigenvalue weighted by Gasteiger charge is -2.46. The molecule has 0 spiro atoms. The summed E-state index contributed by atoms with van der Waals surface area (Å²) in [4.78, 5) is 15.6. The number of aromatic amines is 1. The molecule has 1 aliphatic rings. The van der Waals surface area contributed by atoms with Gasteiger partial charge in [-0.2, -0.15) is 0 Å². The Balaban J connectivity index is 1.63. The Morgan fingerprint density at radius 2 is 1.74 bits per heavy atom. The van der Waals surface area contributed by atoms with Crippen LogP contribution < -0.4 is 14.8 Å². The van der Waals surface area contributed by atoms with Gasteiger partial charge in [0.05, 0.1) is 30.9 Å². The molecule has 1 aliphatic carbocycles. The highest BCUT2D eigenvalue weighted by Gasteiger charge is 2.60. The zero-order valence-corrected chi connectivity index (χ0v) is 24.6. The van der Waals surface area contributed by atoms with Crippen LogP contribution in [0.5, 0.6) is 11.5 Å². The average Bonchev–Trinajstić information content (AvgIpc) is 3.48. The van der Waals surface area contributed by atoms with E-state index in [9.17, 15) is 18.7 Å². The molecular weight excluding hydrogens is 546 g/mol. The lowest BCUT2D eigenvalue weighted by Crippen LogP contribution is -2.62. The van der Waals surface area contributed by atoms with Crippen LogP contribution in [0.3, 0.4) is 0 Å². The third-order valence-electron chi connectivity index (χ3n) is 7.58. The summed E-state index contributed by atoms with van der Waals surface area (Å²) in [7, 11) is 0. The number of carbonyl (C=O) groups excluding carboxylic acids is 1. The summed E-state index contributed by atoms with van der Waals surface area (Å²) in [6, 6.07) is 12.7. The molecule has 2 aromatic carbocycles. The molecule has 1 fully saturated rings. The van der Waals surface area contributed by atoms with Crippen molar-refractivity contribution < 1.29 is 28.2 Å². The van der Waals surface area contributed by atoms with Gasteiger partial charge in [-0.25, -0.2) is 18.7 Å². The maximum Gasteiger partial charge on any atom is 0.318 e. The summed E-state index contributed by atoms with van der Waals surface area (Å²) >= 11 is 0. The maximum absolute atomic E-state index is 14.2. The second-order valence-corrected chi connectivity index (χ2v) is 10.8. The first kappa shape index (κ1) is 31.1. The number of rotatable bonds is 14. The predicted molar refractivity (Wildman–Crippen MR) is 152 cm³/mol. The number of H-pyrrole nitrogens is 1. The molecule has 2 unspecified atom stereocenters. The molecule has 228 valence electrons. The number of amides is 2. The summed E-state index contributed by atoms with van der Waals surface area (Å²) < 4.78 is 40.1. The van der Waals surface area contributed by atoms with E-state index in [0.717, 1.165) is 18.4 Å². The van der Waals surface area contributed by atoms with E-state index in [1.54, 1.807) is 24.0 Å². The standard InChI is InChI=1S/C30H40F2N6O4/c1-5-41-24-16-23(17-25(42-6-2)26(24)21(4)39)20(3)38(15-11-10-14-22-12-8-7-9-13-22)28(40)33-29(18-30(31,32)19-29)27-34-36-37-35-27/h7-9,12-13,16-17,20-21,39H,5-6,10-11,14-15,18-19H2,1-4H3,(H,33,40)(H,34,35,36,37). The summed E-state index contributed by atoms with van der Waals surface area (Å²) in [6.45, 7) is 8.32. The number of carbonyl (C=O) groups is 1. The topological polar surface area (TPSA) is 125 Å². The lowest BCUT2D eigenvalue weighted by atomic mass is 9.72. The number of aromatic nitrogens is 4. The van der Waals surface area contributed by atoms with Gasteiger partial charge in [0.25, 0.3) is 5.92 Å². The van der Waals surface area contributed by atoms with E-state index in [2.05, 4.69) is 38.1 Å². The monoisotopic (exact) mass is 586 g/mol. The number of urea groups is 1. The number of ether oxygens (including phenoxy) is 2. The van der Waals surface area contributed by atoms with Crippen LogP contribution in [-0.2, 0) is 12.0 Å². The zero-order chi connectivity index (χ0) is 30.3. The number of halogens is 2. The van der Waals surface area contributed by atoms with Crippen molar-refractivity contribution in [2.45, 2.75) is 83.4 Å². The first-order valence-electron chi connectivity index (χ1n) is 14.5. The molecule has 3 N–H and O–H groups in total. The second kappa shape index (κ2) is 13.5. The summed E-state index contributed by atoms with van der Waals surface area (Å²) in [5, 5.41) is 26.8. The van der Waals surface area contributed by atoms with Gasteiger partial charge in [-0.15, -0.1) is 5.10 Å². The Morgan fingerprint density at radius 1 is 1.10 bits per heavy atom. The fourth-order valence-corrected chi connectivity index (χ4v) is 5.52. The van der Waals surface area contributed by atoms with Crippen LogP contribution in [0, 0.1) is 0 Å². The maximum atomic E-state index is 14.2. The van der Waals surface area contributed by atoms with E-state index in [4.69, 9.17) is 9.47 Å². The third-order valence-corrected chi connectivity index (χ3v) is 7.58. The smallest absolute Gasteiger partial charge is 0.318 e. The minimum atomic E-state index is -2.94. The highest BCUT2D eigenvalue weighted by Crippen LogP contribution is 2.50. The van der Waals surface area contributed by atoms with Gasteiger partial charge in [0.1, 0.15) is 17.0 Å². The first-order chi connectivity index (χ1) is 20.1. The molecular formula is C30H40F2N6O4. The van der Waals surface area contributed by atoms with Crippen molar-refractivity contribution in [1.82, 2.24) is 30.8 Å². The van der Waals surface area contributed by atoms with Crippen molar-refractivity contribution in [1.29, 1.82) is 0 Å². The Kier molecular flexibility index (Phi) is 9.97. The van der Waals surface area contributed by atoms with E-state index in [0.29, 0.717) is 43.2 Å². The van der Waals surface area contributed by atoms with Crippen LogP contribution in [0.4, 0.5) is 13.6 Å². The number of benzene rings is 2. The van der Waals surface area contributed by atoms with Crippen molar-refractivity contribution in [2.24, 2.45) is 0 Å². The summed E-state index contributed by atoms with van der Waals surface area (Å²) in [6.07, 6.45) is 0.296. The number of hydrogen-bond donors (Lipinski definition) is 3. The molecule has 4 rings (SSSR count). The molecule has 2 atom stereocenters. The van der Waals surface area contributed by atoms with Gasteiger partial charge in [-0.1, -0.05) is 30.3 Å². The van der Waals surface area contributed by atoms with Crippen molar-refractivity contribution in [3.05, 3.63) is 65.0 Å². The molecule has 1 aromatic heterocycles. The minimum absolute atomic E-state index is 0.0945. The minimum Gasteiger partial charge on any atom is -0.493 e. The highest BCUT2D eigenvalue weighted by atomic mass is 19.3. The van der Waals surface area contributed by atoms with Crippen LogP contribution in [0.25, 0.3) is 0 Å². The van der Waals surface area contributed by atoms with Gasteiger partial charge in [0, 0.05) is 19.4 Å². The van der Waals surface area contributed by atoms with Gasteiger partial charge >= 0.3 is 6.03 Å². The molecule has 1 heterocycles. The van der Waals surface area contributed by atoms with Gasteiger partial charge < -0.3 is 24.8 Å². The van der Waals surface area contributed by atoms with Crippen LogP contribution in [-0.4, -0.2) is 62.3 Å². The second-order valence-electron chi connectivity index (χ2n) is 10.8. The quantitative estimate of drug-likeness (QED) is 0.214. The molecule has 12 heteroatoms. The number of alkyl halides is 2. The van der Waals surface area contributed by atoms with Crippen LogP contribution >= 0.6 is 0 Å². The van der Waals surface area contributed by atoms with Crippen molar-refractivity contribution in [3.8, 4) is 11.5 Å². The molecule has 2 amide bonds.